The van der Waals surface area contributed by atoms with Crippen molar-refractivity contribution >= 4 is 49.8 Å². The van der Waals surface area contributed by atoms with E-state index in [9.17, 15) is 13.2 Å². The van der Waals surface area contributed by atoms with Crippen LogP contribution in [0.1, 0.15) is 13.8 Å². The number of hydrazine groups is 1. The van der Waals surface area contributed by atoms with Crippen LogP contribution in [0.4, 0.5) is 0 Å². The van der Waals surface area contributed by atoms with Gasteiger partial charge in [0.15, 0.2) is 9.87 Å². The molecule has 0 radical (unpaired) electrons. The third-order valence-electron chi connectivity index (χ3n) is 1.91. The highest BCUT2D eigenvalue weighted by Crippen LogP contribution is 2.24. The number of rotatable bonds is 3. The fourth-order valence-corrected chi connectivity index (χ4v) is 2.91. The van der Waals surface area contributed by atoms with Gasteiger partial charge < -0.3 is 5.73 Å². The third-order valence-corrected chi connectivity index (χ3v) is 4.55. The van der Waals surface area contributed by atoms with E-state index < -0.39 is 26.7 Å². The molecule has 11 heteroatoms. The fraction of sp³-hybridized carbons (Fsp3) is 0.714. The summed E-state index contributed by atoms with van der Waals surface area (Å²) in [6.45, 7) is 3.74. The Kier molecular flexibility index (Phi) is 6.74. The van der Waals surface area contributed by atoms with E-state index in [0.717, 1.165) is 11.8 Å². The van der Waals surface area contributed by atoms with Crippen molar-refractivity contribution in [1.29, 1.82) is 0 Å². The van der Waals surface area contributed by atoms with Crippen molar-refractivity contribution in [2.75, 3.05) is 6.54 Å². The molecule has 0 aromatic heterocycles. The maximum atomic E-state index is 11.4. The van der Waals surface area contributed by atoms with Crippen LogP contribution >= 0.6 is 28.7 Å². The molecule has 1 fully saturated rings. The van der Waals surface area contributed by atoms with E-state index in [1.54, 1.807) is 6.92 Å². The number of sulfonamides is 1. The zero-order chi connectivity index (χ0) is 13.2. The summed E-state index contributed by atoms with van der Waals surface area (Å²) in [4.78, 5) is 15.1. The molecule has 1 saturated heterocycles. The first-order valence-electron chi connectivity index (χ1n) is 4.85. The van der Waals surface area contributed by atoms with E-state index in [1.807, 2.05) is 0 Å². The summed E-state index contributed by atoms with van der Waals surface area (Å²) < 4.78 is 21.3. The summed E-state index contributed by atoms with van der Waals surface area (Å²) in [5.74, 6) is -0.511. The van der Waals surface area contributed by atoms with Gasteiger partial charge in [0.1, 0.15) is 0 Å². The molecule has 0 aromatic rings. The Balaban J connectivity index is 0.00000289. The number of thioether (sulfide) groups is 1. The largest absolute Gasteiger partial charge is 0.320 e. The molecule has 1 unspecified atom stereocenters. The summed E-state index contributed by atoms with van der Waals surface area (Å²) in [5, 5.41) is 6.71. The minimum absolute atomic E-state index is 0. The van der Waals surface area contributed by atoms with E-state index in [2.05, 4.69) is 10.4 Å². The number of amides is 1. The Morgan fingerprint density at radius 3 is 2.61 bits per heavy atom. The van der Waals surface area contributed by atoms with Gasteiger partial charge in [-0.2, -0.15) is 4.99 Å². The van der Waals surface area contributed by atoms with Gasteiger partial charge in [0.2, 0.25) is 10.0 Å². The fourth-order valence-electron chi connectivity index (χ4n) is 1.02. The van der Waals surface area contributed by atoms with Crippen molar-refractivity contribution in [1.82, 2.24) is 10.4 Å². The molecule has 2 atom stereocenters. The lowest BCUT2D eigenvalue weighted by molar-refractivity contribution is -0.118. The SMILES string of the molecule is Br.CCN1NC(S(N)(=O)=O)SC1=NC(=O)[C@H](C)N. The molecule has 1 aliphatic heterocycles. The van der Waals surface area contributed by atoms with Crippen LogP contribution in [0.5, 0.6) is 0 Å². The lowest BCUT2D eigenvalue weighted by Crippen LogP contribution is -2.42. The van der Waals surface area contributed by atoms with Crippen LogP contribution in [-0.2, 0) is 14.8 Å². The second-order valence-electron chi connectivity index (χ2n) is 3.43. The van der Waals surface area contributed by atoms with E-state index in [0.29, 0.717) is 6.54 Å². The number of hydrogen-bond donors (Lipinski definition) is 3. The van der Waals surface area contributed by atoms with Crippen molar-refractivity contribution in [2.45, 2.75) is 24.6 Å². The maximum absolute atomic E-state index is 11.4. The minimum Gasteiger partial charge on any atom is -0.320 e. The number of hydrogen-bond acceptors (Lipinski definition) is 6. The van der Waals surface area contributed by atoms with Crippen molar-refractivity contribution < 1.29 is 13.2 Å². The molecular weight excluding hydrogens is 346 g/mol. The molecule has 0 aliphatic carbocycles. The average molecular weight is 362 g/mol. The summed E-state index contributed by atoms with van der Waals surface area (Å²) in [6, 6.07) is -0.727. The number of carbonyl (C=O) groups excluding carboxylic acids is 1. The molecule has 1 rings (SSSR count). The predicted molar refractivity (Wildman–Crippen MR) is 76.4 cm³/mol. The number of nitrogens with one attached hydrogen (secondary N) is 1. The van der Waals surface area contributed by atoms with Gasteiger partial charge in [-0.05, 0) is 25.6 Å². The normalized spacial score (nSPS) is 23.9. The topological polar surface area (TPSA) is 131 Å². The molecule has 1 aliphatic rings. The zero-order valence-corrected chi connectivity index (χ0v) is 13.2. The standard InChI is InChI=1S/C7H15N5O3S2.BrH/c1-3-12-6(10-5(13)4(2)8)16-7(11-12)17(9,14)15;/h4,7,11H,3,8H2,1-2H3,(H2,9,14,15);1H/t4-,7?;/m0./s1. The van der Waals surface area contributed by atoms with Crippen LogP contribution in [0.3, 0.4) is 0 Å². The van der Waals surface area contributed by atoms with Crippen molar-refractivity contribution in [3.05, 3.63) is 0 Å². The van der Waals surface area contributed by atoms with Gasteiger partial charge in [0.05, 0.1) is 6.04 Å². The maximum Gasteiger partial charge on any atom is 0.264 e. The smallest absolute Gasteiger partial charge is 0.264 e. The molecule has 106 valence electrons. The Labute approximate surface area is 120 Å². The summed E-state index contributed by atoms with van der Waals surface area (Å²) in [6.07, 6.45) is 0. The minimum atomic E-state index is -3.75. The van der Waals surface area contributed by atoms with E-state index in [4.69, 9.17) is 10.9 Å². The molecule has 0 spiro atoms. The lowest BCUT2D eigenvalue weighted by Gasteiger charge is -2.15. The Morgan fingerprint density at radius 2 is 2.22 bits per heavy atom. The number of halogens is 1. The molecule has 1 amide bonds. The Morgan fingerprint density at radius 1 is 1.67 bits per heavy atom. The summed E-state index contributed by atoms with van der Waals surface area (Å²) >= 11 is 0.871. The van der Waals surface area contributed by atoms with E-state index >= 15 is 0 Å². The highest BCUT2D eigenvalue weighted by atomic mass is 79.9. The molecule has 1 heterocycles. The molecule has 0 aromatic carbocycles. The van der Waals surface area contributed by atoms with Crippen LogP contribution in [0.15, 0.2) is 4.99 Å². The predicted octanol–water partition coefficient (Wildman–Crippen LogP) is -1.06. The Bertz CT molecular complexity index is 438. The second-order valence-corrected chi connectivity index (χ2v) is 6.45. The van der Waals surface area contributed by atoms with Gasteiger partial charge in [-0.3, -0.25) is 9.80 Å². The highest BCUT2D eigenvalue weighted by Gasteiger charge is 2.35. The average Bonchev–Trinajstić information content (AvgIpc) is 2.60. The van der Waals surface area contributed by atoms with Crippen molar-refractivity contribution in [2.24, 2.45) is 15.9 Å². The molecular formula is C7H16BrN5O3S2. The number of carbonyl (C=O) groups is 1. The van der Waals surface area contributed by atoms with Gasteiger partial charge in [0, 0.05) is 6.54 Å². The van der Waals surface area contributed by atoms with E-state index in [1.165, 1.54) is 11.9 Å². The summed E-state index contributed by atoms with van der Waals surface area (Å²) in [5.41, 5.74) is 8.01. The van der Waals surface area contributed by atoms with Crippen LogP contribution in [0.25, 0.3) is 0 Å². The molecule has 18 heavy (non-hydrogen) atoms. The second kappa shape index (κ2) is 6.82. The first-order chi connectivity index (χ1) is 7.75. The first kappa shape index (κ1) is 17.8. The number of aliphatic imine (C=N–C) groups is 1. The Hall–Kier alpha value is -0.200. The van der Waals surface area contributed by atoms with Gasteiger partial charge >= 0.3 is 0 Å². The number of primary sulfonamides is 1. The van der Waals surface area contributed by atoms with Gasteiger partial charge in [-0.25, -0.2) is 19.0 Å². The molecule has 8 nitrogen and oxygen atoms in total. The monoisotopic (exact) mass is 361 g/mol. The highest BCUT2D eigenvalue weighted by molar-refractivity contribution is 8.93. The lowest BCUT2D eigenvalue weighted by atomic mass is 10.3. The van der Waals surface area contributed by atoms with Crippen LogP contribution in [-0.4, -0.2) is 41.8 Å². The van der Waals surface area contributed by atoms with Crippen LogP contribution in [0, 0.1) is 0 Å². The van der Waals surface area contributed by atoms with Crippen LogP contribution in [0.2, 0.25) is 0 Å². The summed E-state index contributed by atoms with van der Waals surface area (Å²) in [7, 11) is -3.75. The van der Waals surface area contributed by atoms with E-state index in [-0.39, 0.29) is 22.1 Å². The number of nitrogens with two attached hydrogens (primary N) is 2. The molecule has 0 bridgehead atoms. The van der Waals surface area contributed by atoms with Crippen molar-refractivity contribution in [3.8, 4) is 0 Å². The molecule has 0 saturated carbocycles. The van der Waals surface area contributed by atoms with Gasteiger partial charge in [-0.15, -0.1) is 17.0 Å². The first-order valence-corrected chi connectivity index (χ1v) is 7.34. The molecule has 5 N–H and O–H groups in total. The van der Waals surface area contributed by atoms with Crippen LogP contribution < -0.4 is 16.3 Å². The number of amidine groups is 1. The third kappa shape index (κ3) is 4.48. The van der Waals surface area contributed by atoms with Crippen molar-refractivity contribution in [3.63, 3.8) is 0 Å². The zero-order valence-electron chi connectivity index (χ0n) is 9.86. The van der Waals surface area contributed by atoms with Gasteiger partial charge in [0.25, 0.3) is 5.91 Å². The number of nitrogens with zero attached hydrogens (tertiary/aromatic N) is 2. The van der Waals surface area contributed by atoms with Gasteiger partial charge in [-0.1, -0.05) is 0 Å². The quantitative estimate of drug-likeness (QED) is 0.583.